The van der Waals surface area contributed by atoms with Gasteiger partial charge in [-0.05, 0) is 37.1 Å². The molecule has 1 atom stereocenters. The van der Waals surface area contributed by atoms with Gasteiger partial charge in [0, 0.05) is 22.9 Å². The molecule has 0 saturated carbocycles. The molecule has 2 aromatic heterocycles. The Kier molecular flexibility index (Phi) is 5.34. The number of amides is 1. The van der Waals surface area contributed by atoms with Gasteiger partial charge < -0.3 is 19.2 Å². The minimum Gasteiger partial charge on any atom is -0.493 e. The molecule has 2 heterocycles. The van der Waals surface area contributed by atoms with Crippen LogP contribution in [0, 0.1) is 0 Å². The predicted molar refractivity (Wildman–Crippen MR) is 107 cm³/mol. The van der Waals surface area contributed by atoms with Gasteiger partial charge in [0.2, 0.25) is 5.91 Å². The van der Waals surface area contributed by atoms with Crippen molar-refractivity contribution >= 4 is 17.2 Å². The fraction of sp³-hybridized carbons (Fsp3) is 0.333. The molecule has 6 nitrogen and oxygen atoms in total. The van der Waals surface area contributed by atoms with E-state index in [0.29, 0.717) is 11.5 Å². The van der Waals surface area contributed by atoms with Crippen molar-refractivity contribution in [2.24, 2.45) is 0 Å². The number of carbonyl (C=O) groups is 1. The number of thiazole rings is 1. The third-order valence-corrected chi connectivity index (χ3v) is 5.85. The van der Waals surface area contributed by atoms with Gasteiger partial charge in [0.05, 0.1) is 38.6 Å². The summed E-state index contributed by atoms with van der Waals surface area (Å²) in [6.07, 6.45) is 4.85. The highest BCUT2D eigenvalue weighted by atomic mass is 32.1. The standard InChI is InChI=1S/C21H22N2O4S/c1-25-18-7-6-13(10-19(18)26-2)21-22-14(12-28-21)11-20(24)23-16-4-3-5-17-15(16)8-9-27-17/h6-10,12,16H,3-5,11H2,1-2H3,(H,23,24). The van der Waals surface area contributed by atoms with Crippen molar-refractivity contribution in [2.75, 3.05) is 14.2 Å². The largest absolute Gasteiger partial charge is 0.493 e. The summed E-state index contributed by atoms with van der Waals surface area (Å²) in [4.78, 5) is 17.2. The molecule has 1 unspecified atom stereocenters. The number of rotatable bonds is 6. The highest BCUT2D eigenvalue weighted by molar-refractivity contribution is 7.13. The van der Waals surface area contributed by atoms with Gasteiger partial charge in [-0.15, -0.1) is 11.3 Å². The number of aromatic nitrogens is 1. The zero-order valence-electron chi connectivity index (χ0n) is 15.9. The number of nitrogens with one attached hydrogen (secondary N) is 1. The Labute approximate surface area is 167 Å². The number of fused-ring (bicyclic) bond motifs is 1. The van der Waals surface area contributed by atoms with E-state index in [1.165, 1.54) is 11.3 Å². The van der Waals surface area contributed by atoms with Gasteiger partial charge in [0.1, 0.15) is 10.8 Å². The van der Waals surface area contributed by atoms with Gasteiger partial charge in [0.15, 0.2) is 11.5 Å². The summed E-state index contributed by atoms with van der Waals surface area (Å²) in [5.74, 6) is 2.29. The van der Waals surface area contributed by atoms with Crippen molar-refractivity contribution in [1.82, 2.24) is 10.3 Å². The second-order valence-electron chi connectivity index (χ2n) is 6.70. The van der Waals surface area contributed by atoms with E-state index in [0.717, 1.165) is 46.9 Å². The van der Waals surface area contributed by atoms with Crippen LogP contribution in [0.15, 0.2) is 40.3 Å². The van der Waals surface area contributed by atoms with Crippen LogP contribution in [0.1, 0.15) is 35.9 Å². The topological polar surface area (TPSA) is 73.6 Å². The van der Waals surface area contributed by atoms with Crippen molar-refractivity contribution in [3.05, 3.63) is 52.9 Å². The van der Waals surface area contributed by atoms with Gasteiger partial charge in [-0.1, -0.05) is 0 Å². The third-order valence-electron chi connectivity index (χ3n) is 4.91. The van der Waals surface area contributed by atoms with E-state index in [-0.39, 0.29) is 18.4 Å². The molecule has 1 aliphatic carbocycles. The van der Waals surface area contributed by atoms with Crippen LogP contribution in [0.25, 0.3) is 10.6 Å². The predicted octanol–water partition coefficient (Wildman–Crippen LogP) is 4.16. The van der Waals surface area contributed by atoms with Gasteiger partial charge in [-0.25, -0.2) is 4.98 Å². The summed E-state index contributed by atoms with van der Waals surface area (Å²) in [5, 5.41) is 5.89. The Morgan fingerprint density at radius 2 is 2.14 bits per heavy atom. The zero-order valence-corrected chi connectivity index (χ0v) is 16.7. The second-order valence-corrected chi connectivity index (χ2v) is 7.56. The molecule has 1 aliphatic rings. The van der Waals surface area contributed by atoms with Crippen molar-refractivity contribution < 1.29 is 18.7 Å². The smallest absolute Gasteiger partial charge is 0.226 e. The van der Waals surface area contributed by atoms with Gasteiger partial charge in [-0.3, -0.25) is 4.79 Å². The highest BCUT2D eigenvalue weighted by Crippen LogP contribution is 2.34. The highest BCUT2D eigenvalue weighted by Gasteiger charge is 2.24. The quantitative estimate of drug-likeness (QED) is 0.675. The van der Waals surface area contributed by atoms with E-state index >= 15 is 0 Å². The summed E-state index contributed by atoms with van der Waals surface area (Å²) in [7, 11) is 3.21. The molecule has 0 bridgehead atoms. The lowest BCUT2D eigenvalue weighted by atomic mass is 9.93. The van der Waals surface area contributed by atoms with E-state index in [9.17, 15) is 4.79 Å². The molecular formula is C21H22N2O4S. The first-order valence-corrected chi connectivity index (χ1v) is 10.1. The van der Waals surface area contributed by atoms with E-state index in [1.54, 1.807) is 20.5 Å². The number of hydrogen-bond acceptors (Lipinski definition) is 6. The van der Waals surface area contributed by atoms with Crippen LogP contribution in [0.2, 0.25) is 0 Å². The van der Waals surface area contributed by atoms with Crippen LogP contribution in [0.4, 0.5) is 0 Å². The number of methoxy groups -OCH3 is 2. The Bertz CT molecular complexity index is 978. The van der Waals surface area contributed by atoms with E-state index in [2.05, 4.69) is 10.3 Å². The summed E-state index contributed by atoms with van der Waals surface area (Å²) in [6, 6.07) is 7.67. The van der Waals surface area contributed by atoms with Crippen molar-refractivity contribution in [1.29, 1.82) is 0 Å². The SMILES string of the molecule is COc1ccc(-c2nc(CC(=O)NC3CCCc4occc43)cs2)cc1OC. The van der Waals surface area contributed by atoms with Crippen LogP contribution in [-0.4, -0.2) is 25.1 Å². The van der Waals surface area contributed by atoms with E-state index in [1.807, 2.05) is 29.6 Å². The first kappa shape index (κ1) is 18.6. The van der Waals surface area contributed by atoms with Crippen LogP contribution in [0.3, 0.4) is 0 Å². The fourth-order valence-electron chi connectivity index (χ4n) is 3.54. The molecule has 0 saturated heterocycles. The van der Waals surface area contributed by atoms with Crippen LogP contribution < -0.4 is 14.8 Å². The molecule has 1 aromatic carbocycles. The number of nitrogens with zero attached hydrogens (tertiary/aromatic N) is 1. The number of benzene rings is 1. The Morgan fingerprint density at radius 3 is 2.96 bits per heavy atom. The normalized spacial score (nSPS) is 15.7. The van der Waals surface area contributed by atoms with E-state index in [4.69, 9.17) is 13.9 Å². The average Bonchev–Trinajstić information content (AvgIpc) is 3.37. The van der Waals surface area contributed by atoms with Gasteiger partial charge in [0.25, 0.3) is 0 Å². The Morgan fingerprint density at radius 1 is 1.29 bits per heavy atom. The van der Waals surface area contributed by atoms with E-state index < -0.39 is 0 Å². The summed E-state index contributed by atoms with van der Waals surface area (Å²) in [5.41, 5.74) is 2.80. The molecule has 0 aliphatic heterocycles. The van der Waals surface area contributed by atoms with Crippen LogP contribution >= 0.6 is 11.3 Å². The van der Waals surface area contributed by atoms with Crippen molar-refractivity contribution in [3.63, 3.8) is 0 Å². The summed E-state index contributed by atoms with van der Waals surface area (Å²) >= 11 is 1.51. The molecule has 0 fully saturated rings. The number of ether oxygens (including phenoxy) is 2. The van der Waals surface area contributed by atoms with Gasteiger partial charge >= 0.3 is 0 Å². The number of aryl methyl sites for hydroxylation is 1. The molecule has 1 N–H and O–H groups in total. The van der Waals surface area contributed by atoms with Gasteiger partial charge in [-0.2, -0.15) is 0 Å². The molecule has 4 rings (SSSR count). The lowest BCUT2D eigenvalue weighted by molar-refractivity contribution is -0.121. The van der Waals surface area contributed by atoms with Crippen molar-refractivity contribution in [2.45, 2.75) is 31.7 Å². The Hall–Kier alpha value is -2.80. The number of carbonyl (C=O) groups excluding carboxylic acids is 1. The maximum Gasteiger partial charge on any atom is 0.226 e. The molecule has 3 aromatic rings. The average molecular weight is 398 g/mol. The van der Waals surface area contributed by atoms with Crippen LogP contribution in [0.5, 0.6) is 11.5 Å². The first-order valence-electron chi connectivity index (χ1n) is 9.20. The summed E-state index contributed by atoms with van der Waals surface area (Å²) < 4.78 is 16.1. The monoisotopic (exact) mass is 398 g/mol. The lowest BCUT2D eigenvalue weighted by Gasteiger charge is -2.22. The molecular weight excluding hydrogens is 376 g/mol. The molecule has 7 heteroatoms. The minimum atomic E-state index is -0.0248. The first-order chi connectivity index (χ1) is 13.7. The van der Waals surface area contributed by atoms with Crippen LogP contribution in [-0.2, 0) is 17.6 Å². The van der Waals surface area contributed by atoms with Crippen molar-refractivity contribution in [3.8, 4) is 22.1 Å². The second kappa shape index (κ2) is 8.06. The Balaban J connectivity index is 1.43. The fourth-order valence-corrected chi connectivity index (χ4v) is 4.35. The molecule has 28 heavy (non-hydrogen) atoms. The molecule has 0 radical (unpaired) electrons. The maximum atomic E-state index is 12.5. The third kappa shape index (κ3) is 3.75. The number of furan rings is 1. The molecule has 0 spiro atoms. The molecule has 1 amide bonds. The summed E-state index contributed by atoms with van der Waals surface area (Å²) in [6.45, 7) is 0. The number of hydrogen-bond donors (Lipinski definition) is 1. The zero-order chi connectivity index (χ0) is 19.5. The molecule has 146 valence electrons. The lowest BCUT2D eigenvalue weighted by Crippen LogP contribution is -2.31. The maximum absolute atomic E-state index is 12.5. The minimum absolute atomic E-state index is 0.0248.